The van der Waals surface area contributed by atoms with E-state index >= 15 is 0 Å². The lowest BCUT2D eigenvalue weighted by molar-refractivity contribution is -0.137. The highest BCUT2D eigenvalue weighted by Crippen LogP contribution is 2.39. The molecule has 1 aromatic heterocycles. The van der Waals surface area contributed by atoms with E-state index in [1.807, 2.05) is 23.1 Å². The second-order valence-electron chi connectivity index (χ2n) is 6.10. The quantitative estimate of drug-likeness (QED) is 0.866. The second-order valence-corrected chi connectivity index (χ2v) is 6.10. The highest BCUT2D eigenvalue weighted by atomic mass is 19.4. The van der Waals surface area contributed by atoms with E-state index in [1.165, 1.54) is 11.8 Å². The number of anilines is 1. The third kappa shape index (κ3) is 2.57. The third-order valence-corrected chi connectivity index (χ3v) is 4.71. The number of rotatable bonds is 3. The number of benzene rings is 1. The van der Waals surface area contributed by atoms with Gasteiger partial charge in [-0.1, -0.05) is 30.3 Å². The highest BCUT2D eigenvalue weighted by molar-refractivity contribution is 5.49. The maximum atomic E-state index is 12.8. The molecule has 23 heavy (non-hydrogen) atoms. The van der Waals surface area contributed by atoms with E-state index in [1.54, 1.807) is 0 Å². The number of pyridine rings is 1. The van der Waals surface area contributed by atoms with Gasteiger partial charge in [0.2, 0.25) is 0 Å². The number of nitrogens with zero attached hydrogens (tertiary/aromatic N) is 3. The van der Waals surface area contributed by atoms with Crippen molar-refractivity contribution in [3.63, 3.8) is 0 Å². The topological polar surface area (TPSA) is 19.4 Å². The molecule has 6 heteroatoms. The predicted molar refractivity (Wildman–Crippen MR) is 81.0 cm³/mol. The van der Waals surface area contributed by atoms with Crippen LogP contribution in [0.25, 0.3) is 0 Å². The number of fused-ring (bicyclic) bond motifs is 1. The van der Waals surface area contributed by atoms with E-state index in [0.717, 1.165) is 31.8 Å². The Labute approximate surface area is 132 Å². The van der Waals surface area contributed by atoms with Crippen molar-refractivity contribution in [2.75, 3.05) is 18.0 Å². The summed E-state index contributed by atoms with van der Waals surface area (Å²) in [6.45, 7) is 2.51. The van der Waals surface area contributed by atoms with Gasteiger partial charge in [-0.05, 0) is 17.7 Å². The van der Waals surface area contributed by atoms with Crippen molar-refractivity contribution < 1.29 is 13.2 Å². The maximum Gasteiger partial charge on any atom is 0.416 e. The van der Waals surface area contributed by atoms with Gasteiger partial charge >= 0.3 is 6.18 Å². The van der Waals surface area contributed by atoms with Crippen LogP contribution in [0.5, 0.6) is 0 Å². The zero-order chi connectivity index (χ0) is 16.0. The molecule has 0 radical (unpaired) electrons. The van der Waals surface area contributed by atoms with Gasteiger partial charge in [-0.3, -0.25) is 4.90 Å². The van der Waals surface area contributed by atoms with Crippen molar-refractivity contribution in [2.45, 2.75) is 24.8 Å². The summed E-state index contributed by atoms with van der Waals surface area (Å²) < 4.78 is 38.4. The van der Waals surface area contributed by atoms with Crippen molar-refractivity contribution in [1.29, 1.82) is 0 Å². The first-order chi connectivity index (χ1) is 11.0. The Kier molecular flexibility index (Phi) is 3.30. The first-order valence-electron chi connectivity index (χ1n) is 7.60. The smallest absolute Gasteiger partial charge is 0.349 e. The first kappa shape index (κ1) is 14.5. The summed E-state index contributed by atoms with van der Waals surface area (Å²) in [4.78, 5) is 8.45. The molecule has 0 bridgehead atoms. The van der Waals surface area contributed by atoms with Gasteiger partial charge in [0, 0.05) is 31.9 Å². The fourth-order valence-electron chi connectivity index (χ4n) is 3.36. The van der Waals surface area contributed by atoms with Gasteiger partial charge in [0.15, 0.2) is 0 Å². The fraction of sp³-hybridized carbons (Fsp3) is 0.353. The minimum atomic E-state index is -4.32. The Bertz CT molecular complexity index is 702. The highest BCUT2D eigenvalue weighted by Gasteiger charge is 2.51. The summed E-state index contributed by atoms with van der Waals surface area (Å²) >= 11 is 0. The number of hydrogen-bond donors (Lipinski definition) is 0. The molecule has 1 aromatic carbocycles. The summed E-state index contributed by atoms with van der Waals surface area (Å²) in [6, 6.07) is 13.1. The average Bonchev–Trinajstić information content (AvgIpc) is 2.52. The standard InChI is InChI=1S/C17H16F3N3/c18-17(19,20)13-6-7-21-16(8-13)23-11-14-15(23)10-22(14)9-12-4-2-1-3-5-12/h1-8,14-15H,9-11H2/t14?,15-/m0/s1. The Morgan fingerprint density at radius 2 is 1.83 bits per heavy atom. The van der Waals surface area contributed by atoms with Crippen LogP contribution in [0.1, 0.15) is 11.1 Å². The van der Waals surface area contributed by atoms with Crippen molar-refractivity contribution in [3.05, 3.63) is 59.8 Å². The lowest BCUT2D eigenvalue weighted by Gasteiger charge is -2.62. The van der Waals surface area contributed by atoms with E-state index in [-0.39, 0.29) is 6.04 Å². The van der Waals surface area contributed by atoms with Crippen LogP contribution in [0.4, 0.5) is 19.0 Å². The van der Waals surface area contributed by atoms with Gasteiger partial charge in [0.05, 0.1) is 11.6 Å². The van der Waals surface area contributed by atoms with E-state index in [9.17, 15) is 13.2 Å². The van der Waals surface area contributed by atoms with Crippen molar-refractivity contribution >= 4 is 5.82 Å². The van der Waals surface area contributed by atoms with Crippen LogP contribution in [-0.2, 0) is 12.7 Å². The molecular formula is C17H16F3N3. The van der Waals surface area contributed by atoms with E-state index in [4.69, 9.17) is 0 Å². The lowest BCUT2D eigenvalue weighted by atomic mass is 9.85. The van der Waals surface area contributed by atoms with Crippen LogP contribution in [-0.4, -0.2) is 35.1 Å². The van der Waals surface area contributed by atoms with Crippen LogP contribution < -0.4 is 4.90 Å². The molecule has 3 heterocycles. The molecule has 3 nitrogen and oxygen atoms in total. The molecule has 0 N–H and O–H groups in total. The first-order valence-corrected chi connectivity index (χ1v) is 7.60. The van der Waals surface area contributed by atoms with Crippen molar-refractivity contribution in [3.8, 4) is 0 Å². The van der Waals surface area contributed by atoms with Crippen LogP contribution in [0.15, 0.2) is 48.7 Å². The molecule has 0 spiro atoms. The molecule has 2 atom stereocenters. The Balaban J connectivity index is 1.41. The van der Waals surface area contributed by atoms with Gasteiger partial charge in [-0.2, -0.15) is 13.2 Å². The maximum absolute atomic E-state index is 12.8. The molecular weight excluding hydrogens is 303 g/mol. The number of likely N-dealkylation sites (tertiary alicyclic amines) is 1. The van der Waals surface area contributed by atoms with Crippen LogP contribution in [0.2, 0.25) is 0 Å². The molecule has 2 aromatic rings. The Morgan fingerprint density at radius 1 is 1.04 bits per heavy atom. The summed E-state index contributed by atoms with van der Waals surface area (Å²) in [7, 11) is 0. The van der Waals surface area contributed by atoms with Gasteiger partial charge in [-0.15, -0.1) is 0 Å². The summed E-state index contributed by atoms with van der Waals surface area (Å²) in [5.41, 5.74) is 0.632. The van der Waals surface area contributed by atoms with E-state index in [2.05, 4.69) is 22.0 Å². The monoisotopic (exact) mass is 319 g/mol. The molecule has 2 saturated heterocycles. The summed E-state index contributed by atoms with van der Waals surface area (Å²) in [5.74, 6) is 0.431. The normalized spacial score (nSPS) is 23.9. The molecule has 2 aliphatic rings. The van der Waals surface area contributed by atoms with Gasteiger partial charge < -0.3 is 4.90 Å². The number of piperazine rings is 1. The van der Waals surface area contributed by atoms with Gasteiger partial charge in [0.1, 0.15) is 5.82 Å². The largest absolute Gasteiger partial charge is 0.416 e. The molecule has 120 valence electrons. The van der Waals surface area contributed by atoms with Crippen LogP contribution in [0, 0.1) is 0 Å². The molecule has 2 fully saturated rings. The minimum absolute atomic E-state index is 0.287. The van der Waals surface area contributed by atoms with E-state index in [0.29, 0.717) is 11.9 Å². The van der Waals surface area contributed by atoms with Crippen molar-refractivity contribution in [2.24, 2.45) is 0 Å². The van der Waals surface area contributed by atoms with Gasteiger partial charge in [0.25, 0.3) is 0 Å². The summed E-state index contributed by atoms with van der Waals surface area (Å²) in [6.07, 6.45) is -3.08. The molecule has 4 rings (SSSR count). The average molecular weight is 319 g/mol. The van der Waals surface area contributed by atoms with Crippen LogP contribution >= 0.6 is 0 Å². The molecule has 0 amide bonds. The molecule has 1 unspecified atom stereocenters. The summed E-state index contributed by atoms with van der Waals surface area (Å²) in [5, 5.41) is 0. The van der Waals surface area contributed by atoms with Crippen LogP contribution in [0.3, 0.4) is 0 Å². The molecule has 0 saturated carbocycles. The number of alkyl halides is 3. The fourth-order valence-corrected chi connectivity index (χ4v) is 3.36. The SMILES string of the molecule is FC(F)(F)c1ccnc(N2CC3[C@@H]2CN3Cc2ccccc2)c1. The number of aromatic nitrogens is 1. The number of hydrogen-bond acceptors (Lipinski definition) is 3. The van der Waals surface area contributed by atoms with E-state index < -0.39 is 11.7 Å². The zero-order valence-electron chi connectivity index (χ0n) is 12.4. The predicted octanol–water partition coefficient (Wildman–Crippen LogP) is 3.17. The number of halogens is 3. The third-order valence-electron chi connectivity index (χ3n) is 4.71. The zero-order valence-corrected chi connectivity index (χ0v) is 12.4. The second kappa shape index (κ2) is 5.23. The minimum Gasteiger partial charge on any atom is -0.349 e. The lowest BCUT2D eigenvalue weighted by Crippen LogP contribution is -2.78. The van der Waals surface area contributed by atoms with Crippen molar-refractivity contribution in [1.82, 2.24) is 9.88 Å². The molecule has 0 aliphatic carbocycles. The molecule has 2 aliphatic heterocycles. The van der Waals surface area contributed by atoms with Gasteiger partial charge in [-0.25, -0.2) is 4.98 Å². The Morgan fingerprint density at radius 3 is 2.48 bits per heavy atom. The Hall–Kier alpha value is -2.08.